The highest BCUT2D eigenvalue weighted by molar-refractivity contribution is 5.64. The Balaban J connectivity index is 0.000000495. The van der Waals surface area contributed by atoms with Gasteiger partial charge in [0.1, 0.15) is 0 Å². The minimum atomic E-state index is 0.0750. The second-order valence-electron chi connectivity index (χ2n) is 14.8. The quantitative estimate of drug-likeness (QED) is 0.196. The number of aliphatic hydroxyl groups excluding tert-OH is 1. The smallest absolute Gasteiger partial charge is 0.0682 e. The van der Waals surface area contributed by atoms with Crippen molar-refractivity contribution in [1.29, 1.82) is 10.5 Å². The standard InChI is InChI=1S/C23H32N2.C22H26N2O.2C2H6/c1-7-19(2)8-10-21(4)22(5)11-9-20(3)18-25-16-13-23(6,12-15-24)14-17-25;1-22(9-12-23)10-13-24(14-11-22)16-18-5-7-20(8-6-18)21-4-2-3-19(15-21)17-25;2*1-2/h8-11H,2-5,7,12-14,16-18H2,1,6H3;2-8,15,25H,9-11,13-14,16-17H2,1H3;2*1-2H3/b10-8-,11-9-;;;. The summed E-state index contributed by atoms with van der Waals surface area (Å²) in [6.45, 7) is 36.9. The van der Waals surface area contributed by atoms with Crippen molar-refractivity contribution in [2.45, 2.75) is 107 Å². The van der Waals surface area contributed by atoms with Crippen LogP contribution in [0.25, 0.3) is 11.1 Å². The SMILES string of the molecule is C=C(/C=C\C(=C)C(=C)/C=C\C(=C)CN1CCC(C)(CC#N)CC1)CC.CC.CC.CC1(CC#N)CCN(Cc2ccc(-c3cccc(CO)c3)cc2)CC1. The van der Waals surface area contributed by atoms with Crippen molar-refractivity contribution in [3.05, 3.63) is 133 Å². The molecule has 0 unspecified atom stereocenters. The summed E-state index contributed by atoms with van der Waals surface area (Å²) in [4.78, 5) is 4.90. The van der Waals surface area contributed by atoms with E-state index in [1.165, 1.54) is 11.1 Å². The zero-order chi connectivity index (χ0) is 40.6. The first kappa shape index (κ1) is 47.8. The van der Waals surface area contributed by atoms with Crippen molar-refractivity contribution in [3.63, 3.8) is 0 Å². The summed E-state index contributed by atoms with van der Waals surface area (Å²) in [5.74, 6) is 0. The van der Waals surface area contributed by atoms with Gasteiger partial charge < -0.3 is 5.11 Å². The third-order valence-electron chi connectivity index (χ3n) is 10.3. The van der Waals surface area contributed by atoms with Crippen molar-refractivity contribution in [1.82, 2.24) is 9.80 Å². The maximum atomic E-state index is 9.28. The van der Waals surface area contributed by atoms with Crippen LogP contribution in [0.5, 0.6) is 0 Å². The van der Waals surface area contributed by atoms with Crippen molar-refractivity contribution in [3.8, 4) is 23.3 Å². The van der Waals surface area contributed by atoms with Crippen molar-refractivity contribution < 1.29 is 5.11 Å². The zero-order valence-corrected chi connectivity index (χ0v) is 34.9. The predicted molar refractivity (Wildman–Crippen MR) is 232 cm³/mol. The molecular formula is C49H70N4O. The van der Waals surface area contributed by atoms with Gasteiger partial charge in [-0.1, -0.05) is 147 Å². The summed E-state index contributed by atoms with van der Waals surface area (Å²) >= 11 is 0. The van der Waals surface area contributed by atoms with E-state index >= 15 is 0 Å². The molecule has 4 rings (SSSR count). The zero-order valence-electron chi connectivity index (χ0n) is 34.9. The Bertz CT molecular complexity index is 1600. The van der Waals surface area contributed by atoms with E-state index < -0.39 is 0 Å². The molecule has 2 fully saturated rings. The molecule has 2 aliphatic heterocycles. The average molecular weight is 731 g/mol. The van der Waals surface area contributed by atoms with Crippen LogP contribution in [-0.2, 0) is 13.2 Å². The number of likely N-dealkylation sites (tertiary alicyclic amines) is 2. The summed E-state index contributed by atoms with van der Waals surface area (Å²) in [6, 6.07) is 21.4. The average Bonchev–Trinajstić information content (AvgIpc) is 3.20. The van der Waals surface area contributed by atoms with Gasteiger partial charge >= 0.3 is 0 Å². The summed E-state index contributed by atoms with van der Waals surface area (Å²) < 4.78 is 0. The molecule has 5 heteroatoms. The summed E-state index contributed by atoms with van der Waals surface area (Å²) in [5, 5.41) is 27.2. The van der Waals surface area contributed by atoms with Gasteiger partial charge in [0.05, 0.1) is 18.7 Å². The number of benzene rings is 2. The minimum absolute atomic E-state index is 0.0750. The Morgan fingerprint density at radius 2 is 1.17 bits per heavy atom. The first-order chi connectivity index (χ1) is 25.9. The van der Waals surface area contributed by atoms with Gasteiger partial charge in [0, 0.05) is 25.9 Å². The Hall–Kier alpha value is -4.26. The van der Waals surface area contributed by atoms with Crippen LogP contribution < -0.4 is 0 Å². The fraction of sp³-hybridized carbons (Fsp3) is 0.469. The largest absolute Gasteiger partial charge is 0.392 e. The Kier molecular flexibility index (Phi) is 22.7. The number of piperidine rings is 2. The Morgan fingerprint density at radius 3 is 1.63 bits per heavy atom. The molecule has 0 radical (unpaired) electrons. The number of hydrogen-bond donors (Lipinski definition) is 1. The molecule has 54 heavy (non-hydrogen) atoms. The highest BCUT2D eigenvalue weighted by Gasteiger charge is 2.30. The number of nitrogens with zero attached hydrogens (tertiary/aromatic N) is 4. The molecule has 0 spiro atoms. The molecule has 2 heterocycles. The highest BCUT2D eigenvalue weighted by atomic mass is 16.3. The number of rotatable bonds is 14. The van der Waals surface area contributed by atoms with Gasteiger partial charge in [-0.2, -0.15) is 10.5 Å². The second-order valence-corrected chi connectivity index (χ2v) is 14.8. The highest BCUT2D eigenvalue weighted by Crippen LogP contribution is 2.35. The summed E-state index contributed by atoms with van der Waals surface area (Å²) in [6.07, 6.45) is 14.6. The van der Waals surface area contributed by atoms with E-state index in [0.29, 0.717) is 12.8 Å². The van der Waals surface area contributed by atoms with Gasteiger partial charge in [-0.3, -0.25) is 9.80 Å². The molecule has 0 aromatic heterocycles. The first-order valence-corrected chi connectivity index (χ1v) is 20.0. The fourth-order valence-corrected chi connectivity index (χ4v) is 6.26. The maximum Gasteiger partial charge on any atom is 0.0682 e. The third-order valence-corrected chi connectivity index (χ3v) is 10.3. The second kappa shape index (κ2) is 25.7. The van der Waals surface area contributed by atoms with Gasteiger partial charge in [0.2, 0.25) is 0 Å². The van der Waals surface area contributed by atoms with Crippen molar-refractivity contribution in [2.75, 3.05) is 32.7 Å². The van der Waals surface area contributed by atoms with Gasteiger partial charge in [-0.05, 0) is 114 Å². The number of allylic oxidation sites excluding steroid dienone is 6. The summed E-state index contributed by atoms with van der Waals surface area (Å²) in [5.41, 5.74) is 8.90. The molecule has 292 valence electrons. The van der Waals surface area contributed by atoms with Crippen LogP contribution in [0.3, 0.4) is 0 Å². The molecular weight excluding hydrogens is 661 g/mol. The van der Waals surface area contributed by atoms with E-state index in [1.54, 1.807) is 0 Å². The number of nitriles is 2. The number of aliphatic hydroxyl groups is 1. The van der Waals surface area contributed by atoms with E-state index in [4.69, 9.17) is 10.5 Å². The van der Waals surface area contributed by atoms with Gasteiger partial charge in [-0.25, -0.2) is 0 Å². The fourth-order valence-electron chi connectivity index (χ4n) is 6.26. The normalized spacial score (nSPS) is 16.3. The van der Waals surface area contributed by atoms with E-state index in [1.807, 2.05) is 70.2 Å². The van der Waals surface area contributed by atoms with E-state index in [0.717, 1.165) is 105 Å². The maximum absolute atomic E-state index is 9.28. The lowest BCUT2D eigenvalue weighted by molar-refractivity contribution is 0.116. The van der Waals surface area contributed by atoms with Crippen LogP contribution in [0.2, 0.25) is 0 Å². The Labute approximate surface area is 330 Å². The first-order valence-electron chi connectivity index (χ1n) is 20.0. The topological polar surface area (TPSA) is 74.3 Å². The molecule has 0 amide bonds. The molecule has 2 saturated heterocycles. The molecule has 0 aliphatic carbocycles. The van der Waals surface area contributed by atoms with Crippen molar-refractivity contribution >= 4 is 0 Å². The monoisotopic (exact) mass is 731 g/mol. The lowest BCUT2D eigenvalue weighted by atomic mass is 9.78. The van der Waals surface area contributed by atoms with Gasteiger partial charge in [0.15, 0.2) is 0 Å². The van der Waals surface area contributed by atoms with Crippen LogP contribution in [-0.4, -0.2) is 47.6 Å². The van der Waals surface area contributed by atoms with Gasteiger partial charge in [0.25, 0.3) is 0 Å². The van der Waals surface area contributed by atoms with Crippen LogP contribution in [0, 0.1) is 33.5 Å². The molecule has 1 N–H and O–H groups in total. The van der Waals surface area contributed by atoms with Crippen molar-refractivity contribution in [2.24, 2.45) is 10.8 Å². The Morgan fingerprint density at radius 1 is 0.685 bits per heavy atom. The number of hydrogen-bond acceptors (Lipinski definition) is 5. The van der Waals surface area contributed by atoms with Crippen LogP contribution in [0.15, 0.2) is 121 Å². The molecule has 2 aliphatic rings. The minimum Gasteiger partial charge on any atom is -0.392 e. The molecule has 0 atom stereocenters. The van der Waals surface area contributed by atoms with E-state index in [2.05, 4.69) is 99.4 Å². The van der Waals surface area contributed by atoms with E-state index in [9.17, 15) is 5.11 Å². The molecule has 5 nitrogen and oxygen atoms in total. The van der Waals surface area contributed by atoms with E-state index in [-0.39, 0.29) is 17.4 Å². The van der Waals surface area contributed by atoms with Crippen LogP contribution >= 0.6 is 0 Å². The molecule has 0 saturated carbocycles. The lowest BCUT2D eigenvalue weighted by Gasteiger charge is -2.38. The predicted octanol–water partition coefficient (Wildman–Crippen LogP) is 12.2. The molecule has 2 aromatic rings. The molecule has 2 aromatic carbocycles. The lowest BCUT2D eigenvalue weighted by Crippen LogP contribution is -2.39. The van der Waals surface area contributed by atoms with Gasteiger partial charge in [-0.15, -0.1) is 0 Å². The summed E-state index contributed by atoms with van der Waals surface area (Å²) in [7, 11) is 0. The molecule has 0 bridgehead atoms. The van der Waals surface area contributed by atoms with Crippen LogP contribution in [0.1, 0.15) is 105 Å². The third kappa shape index (κ3) is 17.3. The van der Waals surface area contributed by atoms with Crippen LogP contribution in [0.4, 0.5) is 0 Å².